The average molecular weight is 311 g/mol. The molecule has 0 aromatic heterocycles. The molecular formula is C15H23BrN2. The molecule has 1 aliphatic rings. The van der Waals surface area contributed by atoms with Gasteiger partial charge < -0.3 is 10.6 Å². The molecule has 0 radical (unpaired) electrons. The first-order valence-electron chi connectivity index (χ1n) is 6.91. The lowest BCUT2D eigenvalue weighted by atomic mass is 10.0. The summed E-state index contributed by atoms with van der Waals surface area (Å²) in [5, 5.41) is 0. The van der Waals surface area contributed by atoms with Crippen molar-refractivity contribution in [3.63, 3.8) is 0 Å². The predicted molar refractivity (Wildman–Crippen MR) is 82.0 cm³/mol. The van der Waals surface area contributed by atoms with Crippen LogP contribution in [-0.2, 0) is 0 Å². The van der Waals surface area contributed by atoms with Crippen molar-refractivity contribution in [2.45, 2.75) is 39.2 Å². The number of nitrogens with two attached hydrogens (primary N) is 1. The number of hydrogen-bond acceptors (Lipinski definition) is 2. The van der Waals surface area contributed by atoms with E-state index < -0.39 is 0 Å². The van der Waals surface area contributed by atoms with Gasteiger partial charge in [0.25, 0.3) is 0 Å². The molecule has 100 valence electrons. The monoisotopic (exact) mass is 310 g/mol. The van der Waals surface area contributed by atoms with Crippen LogP contribution in [0.1, 0.15) is 44.7 Å². The van der Waals surface area contributed by atoms with Gasteiger partial charge in [0.05, 0.1) is 5.69 Å². The predicted octanol–water partition coefficient (Wildman–Crippen LogP) is 4.10. The van der Waals surface area contributed by atoms with Gasteiger partial charge in [0.2, 0.25) is 0 Å². The van der Waals surface area contributed by atoms with Crippen molar-refractivity contribution < 1.29 is 0 Å². The van der Waals surface area contributed by atoms with Crippen LogP contribution in [-0.4, -0.2) is 13.1 Å². The SMILES string of the molecule is CCCC1CCN(c2ccc([C@@H](C)N)cc2Br)C1. The zero-order chi connectivity index (χ0) is 13.1. The second-order valence-corrected chi connectivity index (χ2v) is 6.24. The van der Waals surface area contributed by atoms with Crippen molar-refractivity contribution in [2.75, 3.05) is 18.0 Å². The molecule has 0 bridgehead atoms. The molecule has 1 saturated heterocycles. The lowest BCUT2D eigenvalue weighted by Crippen LogP contribution is -2.20. The minimum absolute atomic E-state index is 0.0989. The van der Waals surface area contributed by atoms with Gasteiger partial charge in [-0.2, -0.15) is 0 Å². The number of halogens is 1. The van der Waals surface area contributed by atoms with E-state index in [0.29, 0.717) is 0 Å². The number of benzene rings is 1. The second-order valence-electron chi connectivity index (χ2n) is 5.39. The van der Waals surface area contributed by atoms with Gasteiger partial charge in [-0.3, -0.25) is 0 Å². The third-order valence-electron chi connectivity index (χ3n) is 3.82. The van der Waals surface area contributed by atoms with Crippen LogP contribution in [0, 0.1) is 5.92 Å². The summed E-state index contributed by atoms with van der Waals surface area (Å²) >= 11 is 3.69. The van der Waals surface area contributed by atoms with Crippen LogP contribution in [0.5, 0.6) is 0 Å². The second kappa shape index (κ2) is 6.07. The van der Waals surface area contributed by atoms with E-state index in [4.69, 9.17) is 5.73 Å². The highest BCUT2D eigenvalue weighted by molar-refractivity contribution is 9.10. The minimum atomic E-state index is 0.0989. The first kappa shape index (κ1) is 13.9. The molecule has 1 heterocycles. The number of hydrogen-bond donors (Lipinski definition) is 1. The van der Waals surface area contributed by atoms with E-state index in [1.165, 1.54) is 48.1 Å². The highest BCUT2D eigenvalue weighted by Gasteiger charge is 2.23. The van der Waals surface area contributed by atoms with Crippen LogP contribution in [0.2, 0.25) is 0 Å². The van der Waals surface area contributed by atoms with Crippen molar-refractivity contribution in [2.24, 2.45) is 11.7 Å². The van der Waals surface area contributed by atoms with E-state index in [1.54, 1.807) is 0 Å². The molecule has 1 aromatic rings. The molecule has 1 aliphatic heterocycles. The highest BCUT2D eigenvalue weighted by Crippen LogP contribution is 2.33. The Balaban J connectivity index is 2.10. The van der Waals surface area contributed by atoms with Crippen LogP contribution in [0.3, 0.4) is 0 Å². The largest absolute Gasteiger partial charge is 0.370 e. The molecule has 1 fully saturated rings. The van der Waals surface area contributed by atoms with Gasteiger partial charge in [-0.15, -0.1) is 0 Å². The van der Waals surface area contributed by atoms with Gasteiger partial charge in [-0.05, 0) is 59.3 Å². The molecular weight excluding hydrogens is 288 g/mol. The van der Waals surface area contributed by atoms with Gasteiger partial charge in [0, 0.05) is 23.6 Å². The maximum atomic E-state index is 5.91. The molecule has 1 aromatic carbocycles. The zero-order valence-electron chi connectivity index (χ0n) is 11.3. The summed E-state index contributed by atoms with van der Waals surface area (Å²) in [5.41, 5.74) is 8.42. The standard InChI is InChI=1S/C15H23BrN2/c1-3-4-12-7-8-18(10-12)15-6-5-13(11(2)17)9-14(15)16/h5-6,9,11-12H,3-4,7-8,10,17H2,1-2H3/t11-,12?/m1/s1. The number of rotatable bonds is 4. The van der Waals surface area contributed by atoms with Gasteiger partial charge in [-0.1, -0.05) is 19.4 Å². The Labute approximate surface area is 119 Å². The molecule has 3 heteroatoms. The summed E-state index contributed by atoms with van der Waals surface area (Å²) in [6, 6.07) is 6.61. The third-order valence-corrected chi connectivity index (χ3v) is 4.46. The molecule has 18 heavy (non-hydrogen) atoms. The molecule has 1 unspecified atom stereocenters. The average Bonchev–Trinajstić information content (AvgIpc) is 2.77. The van der Waals surface area contributed by atoms with Gasteiger partial charge in [-0.25, -0.2) is 0 Å². The highest BCUT2D eigenvalue weighted by atomic mass is 79.9. The van der Waals surface area contributed by atoms with E-state index in [2.05, 4.69) is 46.0 Å². The summed E-state index contributed by atoms with van der Waals surface area (Å²) in [6.07, 6.45) is 3.98. The van der Waals surface area contributed by atoms with Crippen molar-refractivity contribution in [3.05, 3.63) is 28.2 Å². The summed E-state index contributed by atoms with van der Waals surface area (Å²) in [7, 11) is 0. The first-order valence-corrected chi connectivity index (χ1v) is 7.71. The Morgan fingerprint density at radius 3 is 2.89 bits per heavy atom. The molecule has 2 rings (SSSR count). The smallest absolute Gasteiger partial charge is 0.0510 e. The molecule has 0 spiro atoms. The summed E-state index contributed by atoms with van der Waals surface area (Å²) in [5.74, 6) is 0.870. The normalized spacial score (nSPS) is 21.3. The molecule has 0 aliphatic carbocycles. The summed E-state index contributed by atoms with van der Waals surface area (Å²) in [6.45, 7) is 6.68. The van der Waals surface area contributed by atoms with Crippen molar-refractivity contribution >= 4 is 21.6 Å². The Morgan fingerprint density at radius 1 is 1.50 bits per heavy atom. The van der Waals surface area contributed by atoms with E-state index in [9.17, 15) is 0 Å². The Bertz CT molecular complexity index is 403. The van der Waals surface area contributed by atoms with E-state index in [-0.39, 0.29) is 6.04 Å². The van der Waals surface area contributed by atoms with Gasteiger partial charge in [0.1, 0.15) is 0 Å². The van der Waals surface area contributed by atoms with Gasteiger partial charge in [0.15, 0.2) is 0 Å². The fraction of sp³-hybridized carbons (Fsp3) is 0.600. The lowest BCUT2D eigenvalue weighted by Gasteiger charge is -2.21. The molecule has 0 saturated carbocycles. The van der Waals surface area contributed by atoms with E-state index in [1.807, 2.05) is 6.92 Å². The molecule has 2 atom stereocenters. The summed E-state index contributed by atoms with van der Waals surface area (Å²) < 4.78 is 1.18. The maximum absolute atomic E-state index is 5.91. The Hall–Kier alpha value is -0.540. The van der Waals surface area contributed by atoms with Crippen LogP contribution < -0.4 is 10.6 Å². The van der Waals surface area contributed by atoms with Crippen LogP contribution in [0.15, 0.2) is 22.7 Å². The maximum Gasteiger partial charge on any atom is 0.0510 e. The fourth-order valence-corrected chi connectivity index (χ4v) is 3.41. The molecule has 0 amide bonds. The Morgan fingerprint density at radius 2 is 2.28 bits per heavy atom. The lowest BCUT2D eigenvalue weighted by molar-refractivity contribution is 0.530. The minimum Gasteiger partial charge on any atom is -0.370 e. The van der Waals surface area contributed by atoms with Crippen LogP contribution >= 0.6 is 15.9 Å². The van der Waals surface area contributed by atoms with Crippen molar-refractivity contribution in [1.82, 2.24) is 0 Å². The van der Waals surface area contributed by atoms with Crippen LogP contribution in [0.4, 0.5) is 5.69 Å². The first-order chi connectivity index (χ1) is 8.61. The van der Waals surface area contributed by atoms with E-state index >= 15 is 0 Å². The topological polar surface area (TPSA) is 29.3 Å². The molecule has 2 N–H and O–H groups in total. The summed E-state index contributed by atoms with van der Waals surface area (Å²) in [4.78, 5) is 2.50. The Kier molecular flexibility index (Phi) is 4.68. The van der Waals surface area contributed by atoms with E-state index in [0.717, 1.165) is 5.92 Å². The van der Waals surface area contributed by atoms with Crippen LogP contribution in [0.25, 0.3) is 0 Å². The fourth-order valence-electron chi connectivity index (χ4n) is 2.76. The van der Waals surface area contributed by atoms with Crippen molar-refractivity contribution in [3.8, 4) is 0 Å². The third kappa shape index (κ3) is 3.07. The number of anilines is 1. The zero-order valence-corrected chi connectivity index (χ0v) is 12.9. The van der Waals surface area contributed by atoms with Gasteiger partial charge >= 0.3 is 0 Å². The van der Waals surface area contributed by atoms with Crippen molar-refractivity contribution in [1.29, 1.82) is 0 Å². The quantitative estimate of drug-likeness (QED) is 0.907. The number of nitrogens with zero attached hydrogens (tertiary/aromatic N) is 1. The molecule has 2 nitrogen and oxygen atoms in total.